The number of unbranched alkanes of at least 4 members (excludes halogenated alkanes) is 2. The summed E-state index contributed by atoms with van der Waals surface area (Å²) in [4.78, 5) is 0. The lowest BCUT2D eigenvalue weighted by Gasteiger charge is -2.04. The van der Waals surface area contributed by atoms with Crippen molar-refractivity contribution in [3.63, 3.8) is 0 Å². The van der Waals surface area contributed by atoms with Crippen LogP contribution in [-0.4, -0.2) is 12.6 Å². The van der Waals surface area contributed by atoms with Crippen LogP contribution in [-0.2, 0) is 17.9 Å². The van der Waals surface area contributed by atoms with E-state index in [-0.39, 0.29) is 0 Å². The molecule has 3 nitrogen and oxygen atoms in total. The number of nitrogens with one attached hydrogen (secondary N) is 1. The first kappa shape index (κ1) is 15.3. The van der Waals surface area contributed by atoms with Gasteiger partial charge in [0.2, 0.25) is 0 Å². The molecule has 0 saturated heterocycles. The molecule has 0 spiro atoms. The third-order valence-electron chi connectivity index (χ3n) is 2.91. The van der Waals surface area contributed by atoms with Crippen molar-refractivity contribution >= 4 is 0 Å². The van der Waals surface area contributed by atoms with Gasteiger partial charge in [-0.3, -0.25) is 0 Å². The zero-order valence-corrected chi connectivity index (χ0v) is 12.2. The molecule has 0 aliphatic rings. The molecular weight excluding hydrogens is 226 g/mol. The fourth-order valence-corrected chi connectivity index (χ4v) is 1.76. The standard InChI is InChI=1S/C15H27NO2/c1-5-6-7-8-17-11-14-9-15(18-13(14)4)10-16-12(2)3/h9,12,16H,5-8,10-11H2,1-4H3. The van der Waals surface area contributed by atoms with Gasteiger partial charge in [0.25, 0.3) is 0 Å². The van der Waals surface area contributed by atoms with Gasteiger partial charge in [0.1, 0.15) is 11.5 Å². The molecule has 18 heavy (non-hydrogen) atoms. The van der Waals surface area contributed by atoms with Gasteiger partial charge in [0.05, 0.1) is 13.2 Å². The van der Waals surface area contributed by atoms with Crippen molar-refractivity contribution < 1.29 is 9.15 Å². The first-order chi connectivity index (χ1) is 8.63. The Balaban J connectivity index is 2.32. The van der Waals surface area contributed by atoms with Crippen LogP contribution in [0.5, 0.6) is 0 Å². The van der Waals surface area contributed by atoms with Crippen LogP contribution in [0.2, 0.25) is 0 Å². The van der Waals surface area contributed by atoms with Gasteiger partial charge in [-0.05, 0) is 19.4 Å². The Morgan fingerprint density at radius 3 is 2.78 bits per heavy atom. The Morgan fingerprint density at radius 1 is 1.33 bits per heavy atom. The molecule has 1 N–H and O–H groups in total. The van der Waals surface area contributed by atoms with E-state index in [1.807, 2.05) is 6.92 Å². The van der Waals surface area contributed by atoms with Crippen LogP contribution in [0.15, 0.2) is 10.5 Å². The van der Waals surface area contributed by atoms with E-state index < -0.39 is 0 Å². The molecule has 0 atom stereocenters. The van der Waals surface area contributed by atoms with Crippen molar-refractivity contribution in [1.29, 1.82) is 0 Å². The van der Waals surface area contributed by atoms with Crippen molar-refractivity contribution in [2.45, 2.75) is 66.2 Å². The van der Waals surface area contributed by atoms with E-state index in [1.165, 1.54) is 18.4 Å². The third-order valence-corrected chi connectivity index (χ3v) is 2.91. The lowest BCUT2D eigenvalue weighted by molar-refractivity contribution is 0.116. The number of furan rings is 1. The molecule has 0 aliphatic carbocycles. The average Bonchev–Trinajstić information content (AvgIpc) is 2.67. The van der Waals surface area contributed by atoms with Gasteiger partial charge >= 0.3 is 0 Å². The fourth-order valence-electron chi connectivity index (χ4n) is 1.76. The molecule has 1 aromatic rings. The Morgan fingerprint density at radius 2 is 2.11 bits per heavy atom. The lowest BCUT2D eigenvalue weighted by atomic mass is 10.2. The fraction of sp³-hybridized carbons (Fsp3) is 0.733. The molecule has 0 aromatic carbocycles. The summed E-state index contributed by atoms with van der Waals surface area (Å²) in [5, 5.41) is 3.35. The molecule has 104 valence electrons. The van der Waals surface area contributed by atoms with E-state index in [0.717, 1.165) is 31.1 Å². The highest BCUT2D eigenvalue weighted by Crippen LogP contribution is 2.16. The summed E-state index contributed by atoms with van der Waals surface area (Å²) in [6.07, 6.45) is 3.63. The molecule has 1 aromatic heterocycles. The van der Waals surface area contributed by atoms with Crippen LogP contribution in [0, 0.1) is 6.92 Å². The number of hydrogen-bond donors (Lipinski definition) is 1. The maximum Gasteiger partial charge on any atom is 0.118 e. The van der Waals surface area contributed by atoms with E-state index in [4.69, 9.17) is 9.15 Å². The van der Waals surface area contributed by atoms with Crippen molar-refractivity contribution in [3.8, 4) is 0 Å². The quantitative estimate of drug-likeness (QED) is 0.680. The van der Waals surface area contributed by atoms with Gasteiger partial charge in [-0.2, -0.15) is 0 Å². The van der Waals surface area contributed by atoms with E-state index in [2.05, 4.69) is 32.2 Å². The number of hydrogen-bond acceptors (Lipinski definition) is 3. The van der Waals surface area contributed by atoms with Crippen molar-refractivity contribution in [2.75, 3.05) is 6.61 Å². The van der Waals surface area contributed by atoms with Crippen LogP contribution >= 0.6 is 0 Å². The summed E-state index contributed by atoms with van der Waals surface area (Å²) in [5.74, 6) is 1.97. The molecule has 0 amide bonds. The van der Waals surface area contributed by atoms with Gasteiger partial charge in [0.15, 0.2) is 0 Å². The third kappa shape index (κ3) is 5.69. The predicted molar refractivity (Wildman–Crippen MR) is 74.6 cm³/mol. The molecule has 0 fully saturated rings. The van der Waals surface area contributed by atoms with E-state index in [9.17, 15) is 0 Å². The SMILES string of the molecule is CCCCCOCc1cc(CNC(C)C)oc1C. The minimum atomic E-state index is 0.476. The van der Waals surface area contributed by atoms with Crippen molar-refractivity contribution in [3.05, 3.63) is 23.2 Å². The largest absolute Gasteiger partial charge is 0.465 e. The van der Waals surface area contributed by atoms with Gasteiger partial charge in [-0.15, -0.1) is 0 Å². The predicted octanol–water partition coefficient (Wildman–Crippen LogP) is 3.79. The zero-order chi connectivity index (χ0) is 13.4. The van der Waals surface area contributed by atoms with Crippen LogP contribution in [0.4, 0.5) is 0 Å². The van der Waals surface area contributed by atoms with E-state index in [1.54, 1.807) is 0 Å². The monoisotopic (exact) mass is 253 g/mol. The maximum atomic E-state index is 5.70. The molecule has 3 heteroatoms. The Labute approximate surface area is 111 Å². The smallest absolute Gasteiger partial charge is 0.118 e. The van der Waals surface area contributed by atoms with E-state index >= 15 is 0 Å². The first-order valence-electron chi connectivity index (χ1n) is 7.02. The molecule has 0 saturated carbocycles. The maximum absolute atomic E-state index is 5.70. The van der Waals surface area contributed by atoms with Gasteiger partial charge in [-0.1, -0.05) is 33.6 Å². The van der Waals surface area contributed by atoms with Crippen molar-refractivity contribution in [2.24, 2.45) is 0 Å². The molecule has 0 radical (unpaired) electrons. The van der Waals surface area contributed by atoms with Gasteiger partial charge in [-0.25, -0.2) is 0 Å². The molecule has 1 rings (SSSR count). The summed E-state index contributed by atoms with van der Waals surface area (Å²) in [6, 6.07) is 2.58. The minimum Gasteiger partial charge on any atom is -0.465 e. The molecule has 1 heterocycles. The van der Waals surface area contributed by atoms with Gasteiger partial charge < -0.3 is 14.5 Å². The summed E-state index contributed by atoms with van der Waals surface area (Å²) in [6.45, 7) is 10.8. The Bertz CT molecular complexity index is 331. The number of rotatable bonds is 9. The zero-order valence-electron chi connectivity index (χ0n) is 12.2. The number of aryl methyl sites for hydroxylation is 1. The van der Waals surface area contributed by atoms with E-state index in [0.29, 0.717) is 12.6 Å². The van der Waals surface area contributed by atoms with Crippen molar-refractivity contribution in [1.82, 2.24) is 5.32 Å². The number of ether oxygens (including phenoxy) is 1. The summed E-state index contributed by atoms with van der Waals surface area (Å²) in [7, 11) is 0. The second kappa shape index (κ2) is 8.33. The Kier molecular flexibility index (Phi) is 7.06. The molecule has 0 aliphatic heterocycles. The molecule has 0 bridgehead atoms. The topological polar surface area (TPSA) is 34.4 Å². The highest BCUT2D eigenvalue weighted by molar-refractivity contribution is 5.19. The Hall–Kier alpha value is -0.800. The lowest BCUT2D eigenvalue weighted by Crippen LogP contribution is -2.21. The summed E-state index contributed by atoms with van der Waals surface area (Å²) >= 11 is 0. The summed E-state index contributed by atoms with van der Waals surface area (Å²) in [5.41, 5.74) is 1.17. The van der Waals surface area contributed by atoms with Crippen LogP contribution in [0.25, 0.3) is 0 Å². The second-order valence-corrected chi connectivity index (χ2v) is 5.09. The van der Waals surface area contributed by atoms with Crippen LogP contribution in [0.1, 0.15) is 57.1 Å². The highest BCUT2D eigenvalue weighted by Gasteiger charge is 2.07. The minimum absolute atomic E-state index is 0.476. The second-order valence-electron chi connectivity index (χ2n) is 5.09. The summed E-state index contributed by atoms with van der Waals surface area (Å²) < 4.78 is 11.4. The average molecular weight is 253 g/mol. The first-order valence-corrected chi connectivity index (χ1v) is 7.02. The molecular formula is C15H27NO2. The highest BCUT2D eigenvalue weighted by atomic mass is 16.5. The van der Waals surface area contributed by atoms with Crippen LogP contribution < -0.4 is 5.32 Å². The normalized spacial score (nSPS) is 11.4. The van der Waals surface area contributed by atoms with Gasteiger partial charge in [0, 0.05) is 18.2 Å². The van der Waals surface area contributed by atoms with Crippen LogP contribution in [0.3, 0.4) is 0 Å². The molecule has 0 unspecified atom stereocenters.